The number of imide groups is 1. The van der Waals surface area contributed by atoms with Crippen molar-refractivity contribution in [1.82, 2.24) is 20.9 Å². The van der Waals surface area contributed by atoms with Gasteiger partial charge in [0, 0.05) is 12.6 Å². The topological polar surface area (TPSA) is 90.5 Å². The molecule has 3 N–H and O–H groups in total. The summed E-state index contributed by atoms with van der Waals surface area (Å²) in [5.41, 5.74) is -0.561. The van der Waals surface area contributed by atoms with Gasteiger partial charge < -0.3 is 16.0 Å². The molecule has 1 saturated carbocycles. The summed E-state index contributed by atoms with van der Waals surface area (Å²) in [5.74, 6) is 0.458. The van der Waals surface area contributed by atoms with Crippen molar-refractivity contribution in [1.29, 1.82) is 0 Å². The molecule has 3 rings (SSSR count). The Kier molecular flexibility index (Phi) is 6.03. The summed E-state index contributed by atoms with van der Waals surface area (Å²) in [6.07, 6.45) is 5.29. The second kappa shape index (κ2) is 8.01. The highest BCUT2D eigenvalue weighted by atomic mass is 16.2. The second-order valence-electron chi connectivity index (χ2n) is 9.66. The summed E-state index contributed by atoms with van der Waals surface area (Å²) >= 11 is 0. The van der Waals surface area contributed by atoms with Crippen LogP contribution in [0.2, 0.25) is 0 Å². The molecular weight excluding hydrogens is 356 g/mol. The van der Waals surface area contributed by atoms with Gasteiger partial charge >= 0.3 is 6.03 Å². The predicted octanol–water partition coefficient (Wildman–Crippen LogP) is 2.02. The second-order valence-corrected chi connectivity index (χ2v) is 9.66. The Labute approximate surface area is 168 Å². The van der Waals surface area contributed by atoms with Gasteiger partial charge in [0.25, 0.3) is 5.91 Å². The first-order valence-electron chi connectivity index (χ1n) is 10.8. The van der Waals surface area contributed by atoms with Gasteiger partial charge in [-0.25, -0.2) is 4.79 Å². The summed E-state index contributed by atoms with van der Waals surface area (Å²) in [6, 6.07) is -0.383. The quantitative estimate of drug-likeness (QED) is 0.625. The SMILES string of the molecule is CCC(C)(C)C1CCC2(CC1)NC(=O)N(CC(=O)NC1CNCCC1C)C2=O. The van der Waals surface area contributed by atoms with Crippen molar-refractivity contribution in [3.8, 4) is 0 Å². The average Bonchev–Trinajstić information content (AvgIpc) is 2.88. The van der Waals surface area contributed by atoms with E-state index in [0.29, 0.717) is 24.7 Å². The largest absolute Gasteiger partial charge is 0.350 e. The summed E-state index contributed by atoms with van der Waals surface area (Å²) < 4.78 is 0. The molecule has 0 aromatic heterocycles. The Hall–Kier alpha value is -1.63. The molecule has 7 nitrogen and oxygen atoms in total. The fourth-order valence-corrected chi connectivity index (χ4v) is 4.92. The maximum Gasteiger partial charge on any atom is 0.325 e. The molecule has 3 aliphatic rings. The van der Waals surface area contributed by atoms with Crippen LogP contribution >= 0.6 is 0 Å². The summed E-state index contributed by atoms with van der Waals surface area (Å²) in [7, 11) is 0. The summed E-state index contributed by atoms with van der Waals surface area (Å²) in [4.78, 5) is 39.1. The standard InChI is InChI=1S/C21H36N4O3/c1-5-20(3,4)15-6-9-21(10-7-15)18(27)25(19(28)24-21)13-17(26)23-16-12-22-11-8-14(16)2/h14-16,22H,5-13H2,1-4H3,(H,23,26)(H,24,28). The lowest BCUT2D eigenvalue weighted by Gasteiger charge is -2.42. The van der Waals surface area contributed by atoms with Gasteiger partial charge in [0.05, 0.1) is 0 Å². The number of rotatable bonds is 5. The lowest BCUT2D eigenvalue weighted by Crippen LogP contribution is -2.53. The molecule has 3 fully saturated rings. The van der Waals surface area contributed by atoms with E-state index in [9.17, 15) is 14.4 Å². The number of carbonyl (C=O) groups is 3. The van der Waals surface area contributed by atoms with Gasteiger partial charge in [-0.2, -0.15) is 0 Å². The van der Waals surface area contributed by atoms with Crippen LogP contribution in [-0.4, -0.2) is 54.0 Å². The molecule has 0 radical (unpaired) electrons. The Bertz CT molecular complexity index is 625. The first-order chi connectivity index (χ1) is 13.2. The monoisotopic (exact) mass is 392 g/mol. The Morgan fingerprint density at radius 3 is 2.54 bits per heavy atom. The highest BCUT2D eigenvalue weighted by molar-refractivity contribution is 6.09. The molecule has 2 atom stereocenters. The van der Waals surface area contributed by atoms with Gasteiger partial charge in [0.1, 0.15) is 12.1 Å². The smallest absolute Gasteiger partial charge is 0.325 e. The van der Waals surface area contributed by atoms with Gasteiger partial charge in [-0.15, -0.1) is 0 Å². The summed E-state index contributed by atoms with van der Waals surface area (Å²) in [6.45, 7) is 10.4. The van der Waals surface area contributed by atoms with Crippen molar-refractivity contribution in [2.24, 2.45) is 17.3 Å². The third-order valence-electron chi connectivity index (χ3n) is 7.58. The molecule has 2 saturated heterocycles. The van der Waals surface area contributed by atoms with Gasteiger partial charge in [-0.05, 0) is 55.9 Å². The predicted molar refractivity (Wildman–Crippen MR) is 108 cm³/mol. The fourth-order valence-electron chi connectivity index (χ4n) is 4.92. The van der Waals surface area contributed by atoms with Crippen molar-refractivity contribution in [2.75, 3.05) is 19.6 Å². The first kappa shape index (κ1) is 21.1. The lowest BCUT2D eigenvalue weighted by molar-refractivity contribution is -0.136. The van der Waals surface area contributed by atoms with Crippen LogP contribution < -0.4 is 16.0 Å². The van der Waals surface area contributed by atoms with E-state index >= 15 is 0 Å². The van der Waals surface area contributed by atoms with E-state index in [1.807, 2.05) is 0 Å². The van der Waals surface area contributed by atoms with E-state index in [-0.39, 0.29) is 29.8 Å². The van der Waals surface area contributed by atoms with Crippen LogP contribution in [0.25, 0.3) is 0 Å². The molecule has 2 heterocycles. The number of nitrogens with zero attached hydrogens (tertiary/aromatic N) is 1. The van der Waals surface area contributed by atoms with E-state index in [2.05, 4.69) is 43.6 Å². The van der Waals surface area contributed by atoms with Crippen molar-refractivity contribution < 1.29 is 14.4 Å². The van der Waals surface area contributed by atoms with E-state index in [4.69, 9.17) is 0 Å². The number of hydrogen-bond acceptors (Lipinski definition) is 4. The molecule has 1 aliphatic carbocycles. The van der Waals surface area contributed by atoms with Crippen molar-refractivity contribution in [3.63, 3.8) is 0 Å². The number of nitrogens with one attached hydrogen (secondary N) is 3. The van der Waals surface area contributed by atoms with Crippen LogP contribution in [0.5, 0.6) is 0 Å². The molecule has 158 valence electrons. The van der Waals surface area contributed by atoms with Crippen LogP contribution in [0.4, 0.5) is 4.79 Å². The van der Waals surface area contributed by atoms with Crippen LogP contribution in [0, 0.1) is 17.3 Å². The maximum atomic E-state index is 13.1. The molecule has 4 amide bonds. The molecule has 28 heavy (non-hydrogen) atoms. The molecule has 0 aromatic rings. The molecule has 2 aliphatic heterocycles. The molecule has 0 aromatic carbocycles. The lowest BCUT2D eigenvalue weighted by atomic mass is 9.65. The number of urea groups is 1. The Balaban J connectivity index is 1.59. The highest BCUT2D eigenvalue weighted by Crippen LogP contribution is 2.45. The van der Waals surface area contributed by atoms with E-state index < -0.39 is 11.6 Å². The van der Waals surface area contributed by atoms with E-state index in [1.54, 1.807) is 0 Å². The maximum absolute atomic E-state index is 13.1. The van der Waals surface area contributed by atoms with Gasteiger partial charge in [0.2, 0.25) is 5.91 Å². The Morgan fingerprint density at radius 2 is 1.93 bits per heavy atom. The molecule has 7 heteroatoms. The summed E-state index contributed by atoms with van der Waals surface area (Å²) in [5, 5.41) is 9.18. The third kappa shape index (κ3) is 4.04. The minimum atomic E-state index is -0.808. The van der Waals surface area contributed by atoms with Crippen molar-refractivity contribution in [2.45, 2.75) is 77.8 Å². The number of carbonyl (C=O) groups excluding carboxylic acids is 3. The van der Waals surface area contributed by atoms with Gasteiger partial charge in [0.15, 0.2) is 0 Å². The Morgan fingerprint density at radius 1 is 1.25 bits per heavy atom. The third-order valence-corrected chi connectivity index (χ3v) is 7.58. The minimum absolute atomic E-state index is 0.0442. The zero-order valence-electron chi connectivity index (χ0n) is 17.8. The first-order valence-corrected chi connectivity index (χ1v) is 10.8. The van der Waals surface area contributed by atoms with E-state index in [0.717, 1.165) is 43.7 Å². The van der Waals surface area contributed by atoms with Crippen LogP contribution in [-0.2, 0) is 9.59 Å². The van der Waals surface area contributed by atoms with E-state index in [1.165, 1.54) is 0 Å². The van der Waals surface area contributed by atoms with Gasteiger partial charge in [-0.3, -0.25) is 14.5 Å². The zero-order valence-corrected chi connectivity index (χ0v) is 17.8. The van der Waals surface area contributed by atoms with Gasteiger partial charge in [-0.1, -0.05) is 34.1 Å². The molecule has 0 bridgehead atoms. The van der Waals surface area contributed by atoms with Crippen LogP contribution in [0.1, 0.15) is 66.2 Å². The molecule has 1 spiro atoms. The average molecular weight is 393 g/mol. The number of piperidine rings is 1. The highest BCUT2D eigenvalue weighted by Gasteiger charge is 2.53. The molecule has 2 unspecified atom stereocenters. The van der Waals surface area contributed by atoms with Crippen LogP contribution in [0.15, 0.2) is 0 Å². The number of hydrogen-bond donors (Lipinski definition) is 3. The normalized spacial score (nSPS) is 33.9. The van der Waals surface area contributed by atoms with Crippen molar-refractivity contribution in [3.05, 3.63) is 0 Å². The van der Waals surface area contributed by atoms with Crippen LogP contribution in [0.3, 0.4) is 0 Å². The zero-order chi connectivity index (χ0) is 20.5. The molecular formula is C21H36N4O3. The fraction of sp³-hybridized carbons (Fsp3) is 0.857. The minimum Gasteiger partial charge on any atom is -0.350 e. The van der Waals surface area contributed by atoms with Crippen molar-refractivity contribution >= 4 is 17.8 Å². The number of amides is 4.